The van der Waals surface area contributed by atoms with Gasteiger partial charge in [0.25, 0.3) is 0 Å². The summed E-state index contributed by atoms with van der Waals surface area (Å²) in [6, 6.07) is 6.28. The van der Waals surface area contributed by atoms with Crippen LogP contribution in [0.5, 0.6) is 0 Å². The van der Waals surface area contributed by atoms with Crippen LogP contribution in [-0.4, -0.2) is 24.0 Å². The lowest BCUT2D eigenvalue weighted by molar-refractivity contribution is -0.137. The Morgan fingerprint density at radius 2 is 2.19 bits per heavy atom. The lowest BCUT2D eigenvalue weighted by atomic mass is 9.96. The number of carbonyl (C=O) groups excluding carboxylic acids is 1. The van der Waals surface area contributed by atoms with Crippen LogP contribution in [0.25, 0.3) is 0 Å². The monoisotopic (exact) mass is 383 g/mol. The average Bonchev–Trinajstić information content (AvgIpc) is 3.04. The number of halogens is 3. The van der Waals surface area contributed by atoms with Crippen LogP contribution < -0.4 is 10.2 Å². The van der Waals surface area contributed by atoms with E-state index >= 15 is 0 Å². The first-order valence-electron chi connectivity index (χ1n) is 8.45. The predicted molar refractivity (Wildman–Crippen MR) is 95.1 cm³/mol. The molecule has 1 aliphatic rings. The van der Waals surface area contributed by atoms with E-state index in [4.69, 9.17) is 0 Å². The van der Waals surface area contributed by atoms with E-state index in [0.29, 0.717) is 25.9 Å². The Morgan fingerprint density at radius 1 is 1.38 bits per heavy atom. The van der Waals surface area contributed by atoms with E-state index in [1.54, 1.807) is 16.2 Å². The molecule has 2 aromatic heterocycles. The Balaban J connectivity index is 1.67. The normalized spacial score (nSPS) is 18.0. The summed E-state index contributed by atoms with van der Waals surface area (Å²) in [6.45, 7) is 3.16. The minimum Gasteiger partial charge on any atom is -0.355 e. The maximum Gasteiger partial charge on any atom is 0.419 e. The molecule has 4 nitrogen and oxygen atoms in total. The number of aromatic nitrogens is 1. The zero-order valence-electron chi connectivity index (χ0n) is 14.3. The van der Waals surface area contributed by atoms with Crippen LogP contribution in [-0.2, 0) is 17.5 Å². The van der Waals surface area contributed by atoms with Crippen molar-refractivity contribution < 1.29 is 18.0 Å². The van der Waals surface area contributed by atoms with Crippen molar-refractivity contribution in [2.75, 3.05) is 18.0 Å². The Kier molecular flexibility index (Phi) is 5.50. The number of alkyl halides is 3. The highest BCUT2D eigenvalue weighted by molar-refractivity contribution is 7.11. The van der Waals surface area contributed by atoms with Crippen LogP contribution in [0, 0.1) is 12.8 Å². The van der Waals surface area contributed by atoms with E-state index in [9.17, 15) is 18.0 Å². The number of carbonyl (C=O) groups is 1. The van der Waals surface area contributed by atoms with Crippen LogP contribution in [0.1, 0.15) is 28.2 Å². The lowest BCUT2D eigenvalue weighted by Crippen LogP contribution is -2.43. The van der Waals surface area contributed by atoms with Crippen molar-refractivity contribution in [3.63, 3.8) is 0 Å². The van der Waals surface area contributed by atoms with Gasteiger partial charge in [-0.25, -0.2) is 4.98 Å². The number of amides is 1. The third-order valence-electron chi connectivity index (χ3n) is 4.42. The maximum atomic E-state index is 13.2. The molecule has 0 saturated carbocycles. The summed E-state index contributed by atoms with van der Waals surface area (Å²) in [6.07, 6.45) is -1.78. The van der Waals surface area contributed by atoms with E-state index in [1.807, 2.05) is 19.1 Å². The molecule has 1 N–H and O–H groups in total. The number of thiophene rings is 1. The van der Waals surface area contributed by atoms with Crippen molar-refractivity contribution in [2.24, 2.45) is 5.92 Å². The Morgan fingerprint density at radius 3 is 2.88 bits per heavy atom. The summed E-state index contributed by atoms with van der Waals surface area (Å²) in [5, 5.41) is 2.90. The molecule has 3 heterocycles. The molecule has 8 heteroatoms. The number of pyridine rings is 1. The van der Waals surface area contributed by atoms with E-state index in [1.165, 1.54) is 17.1 Å². The van der Waals surface area contributed by atoms with Gasteiger partial charge in [0.1, 0.15) is 5.82 Å². The largest absolute Gasteiger partial charge is 0.419 e. The summed E-state index contributed by atoms with van der Waals surface area (Å²) in [5.74, 6) is -0.551. The second kappa shape index (κ2) is 7.65. The fraction of sp³-hybridized carbons (Fsp3) is 0.444. The molecular formula is C18H20F3N3OS. The molecule has 1 fully saturated rings. The highest BCUT2D eigenvalue weighted by Gasteiger charge is 2.37. The van der Waals surface area contributed by atoms with Gasteiger partial charge in [-0.3, -0.25) is 4.79 Å². The summed E-state index contributed by atoms with van der Waals surface area (Å²) in [5.41, 5.74) is -0.755. The molecule has 0 aliphatic carbocycles. The molecule has 26 heavy (non-hydrogen) atoms. The van der Waals surface area contributed by atoms with Crippen molar-refractivity contribution in [3.8, 4) is 0 Å². The molecule has 140 valence electrons. The van der Waals surface area contributed by atoms with E-state index in [0.717, 1.165) is 10.9 Å². The molecule has 0 radical (unpaired) electrons. The number of hydrogen-bond donors (Lipinski definition) is 1. The smallest absolute Gasteiger partial charge is 0.355 e. The van der Waals surface area contributed by atoms with E-state index in [2.05, 4.69) is 10.3 Å². The molecule has 0 bridgehead atoms. The van der Waals surface area contributed by atoms with Crippen LogP contribution in [0.15, 0.2) is 30.5 Å². The number of rotatable bonds is 4. The van der Waals surface area contributed by atoms with Crippen LogP contribution >= 0.6 is 11.3 Å². The fourth-order valence-electron chi connectivity index (χ4n) is 3.15. The molecule has 0 spiro atoms. The topological polar surface area (TPSA) is 45.2 Å². The van der Waals surface area contributed by atoms with Gasteiger partial charge in [0.15, 0.2) is 0 Å². The Hall–Kier alpha value is -2.09. The van der Waals surface area contributed by atoms with Gasteiger partial charge >= 0.3 is 6.18 Å². The highest BCUT2D eigenvalue weighted by atomic mass is 32.1. The molecule has 1 amide bonds. The Bertz CT molecular complexity index is 775. The SMILES string of the molecule is Cc1ccc(CNC(=O)[C@@H]2CCCN(c3ncccc3C(F)(F)F)C2)s1. The van der Waals surface area contributed by atoms with Crippen LogP contribution in [0.2, 0.25) is 0 Å². The molecular weight excluding hydrogens is 363 g/mol. The molecule has 3 rings (SSSR count). The Labute approximate surface area is 154 Å². The standard InChI is InChI=1S/C18H20F3N3OS/c1-12-6-7-14(26-12)10-23-17(25)13-4-3-9-24(11-13)16-15(18(19,20)21)5-2-8-22-16/h2,5-8,13H,3-4,9-11H2,1H3,(H,23,25)/t13-/m1/s1. The summed E-state index contributed by atoms with van der Waals surface area (Å²) >= 11 is 1.62. The molecule has 1 saturated heterocycles. The third kappa shape index (κ3) is 4.35. The van der Waals surface area contributed by atoms with Gasteiger partial charge in [0, 0.05) is 29.0 Å². The predicted octanol–water partition coefficient (Wildman–Crippen LogP) is 4.00. The van der Waals surface area contributed by atoms with E-state index < -0.39 is 11.7 Å². The van der Waals surface area contributed by atoms with Gasteiger partial charge in [0.05, 0.1) is 18.0 Å². The summed E-state index contributed by atoms with van der Waals surface area (Å²) < 4.78 is 39.7. The second-order valence-electron chi connectivity index (χ2n) is 6.39. The molecule has 0 unspecified atom stereocenters. The minimum absolute atomic E-state index is 0.0913. The second-order valence-corrected chi connectivity index (χ2v) is 7.76. The molecule has 1 aliphatic heterocycles. The quantitative estimate of drug-likeness (QED) is 0.868. The number of aryl methyl sites for hydroxylation is 1. The molecule has 0 aromatic carbocycles. The van der Waals surface area contributed by atoms with Gasteiger partial charge in [-0.1, -0.05) is 0 Å². The average molecular weight is 383 g/mol. The molecule has 1 atom stereocenters. The number of nitrogens with one attached hydrogen (secondary N) is 1. The molecule has 2 aromatic rings. The number of anilines is 1. The first kappa shape index (κ1) is 18.7. The van der Waals surface area contributed by atoms with Crippen molar-refractivity contribution in [1.29, 1.82) is 0 Å². The zero-order valence-corrected chi connectivity index (χ0v) is 15.2. The third-order valence-corrected chi connectivity index (χ3v) is 5.42. The van der Waals surface area contributed by atoms with Gasteiger partial charge in [-0.05, 0) is 44.0 Å². The summed E-state index contributed by atoms with van der Waals surface area (Å²) in [4.78, 5) is 20.2. The minimum atomic E-state index is -4.46. The lowest BCUT2D eigenvalue weighted by Gasteiger charge is -2.34. The summed E-state index contributed by atoms with van der Waals surface area (Å²) in [7, 11) is 0. The first-order chi connectivity index (χ1) is 12.3. The van der Waals surface area contributed by atoms with Crippen LogP contribution in [0.3, 0.4) is 0 Å². The van der Waals surface area contributed by atoms with Crippen molar-refractivity contribution in [2.45, 2.75) is 32.5 Å². The van der Waals surface area contributed by atoms with E-state index in [-0.39, 0.29) is 24.2 Å². The number of piperidine rings is 1. The van der Waals surface area contributed by atoms with Crippen LogP contribution in [0.4, 0.5) is 19.0 Å². The van der Waals surface area contributed by atoms with Gasteiger partial charge in [-0.15, -0.1) is 11.3 Å². The van der Waals surface area contributed by atoms with Gasteiger partial charge in [0.2, 0.25) is 5.91 Å². The first-order valence-corrected chi connectivity index (χ1v) is 9.26. The highest BCUT2D eigenvalue weighted by Crippen LogP contribution is 2.36. The zero-order chi connectivity index (χ0) is 18.7. The van der Waals surface area contributed by atoms with Gasteiger partial charge < -0.3 is 10.2 Å². The fourth-order valence-corrected chi connectivity index (χ4v) is 3.98. The number of hydrogen-bond acceptors (Lipinski definition) is 4. The van der Waals surface area contributed by atoms with Crippen molar-refractivity contribution in [1.82, 2.24) is 10.3 Å². The number of nitrogens with zero attached hydrogens (tertiary/aromatic N) is 2. The van der Waals surface area contributed by atoms with Crippen molar-refractivity contribution >= 4 is 23.1 Å². The maximum absolute atomic E-state index is 13.2. The van der Waals surface area contributed by atoms with Gasteiger partial charge in [-0.2, -0.15) is 13.2 Å². The van der Waals surface area contributed by atoms with Crippen molar-refractivity contribution in [3.05, 3.63) is 45.8 Å².